The van der Waals surface area contributed by atoms with E-state index in [0.717, 1.165) is 25.9 Å². The Kier molecular flexibility index (Phi) is 4.04. The summed E-state index contributed by atoms with van der Waals surface area (Å²) < 4.78 is 0. The molecule has 5 heteroatoms. The van der Waals surface area contributed by atoms with E-state index in [4.69, 9.17) is 10.9 Å². The van der Waals surface area contributed by atoms with Crippen LogP contribution in [-0.2, 0) is 0 Å². The van der Waals surface area contributed by atoms with E-state index in [2.05, 4.69) is 12.1 Å². The molecule has 1 heterocycles. The smallest absolute Gasteiger partial charge is 0.253 e. The summed E-state index contributed by atoms with van der Waals surface area (Å²) in [5.41, 5.74) is 6.73. The van der Waals surface area contributed by atoms with Gasteiger partial charge in [0.25, 0.3) is 5.91 Å². The maximum atomic E-state index is 12.3. The van der Waals surface area contributed by atoms with Crippen LogP contribution in [0.25, 0.3) is 0 Å². The normalized spacial score (nSPS) is 17.5. The standard InChI is InChI=1S/C14H19N3O2/c1-10-6-8-17(9-7-10)14(18)12-4-2-11(3-5-12)13(15)16-19/h2-5,10,19H,6-9H2,1H3,(H2,15,16). The second-order valence-electron chi connectivity index (χ2n) is 5.04. The Morgan fingerprint density at radius 2 is 1.79 bits per heavy atom. The SMILES string of the molecule is CC1CCN(C(=O)c2ccc(/C(N)=N/O)cc2)CC1. The Hall–Kier alpha value is -2.04. The van der Waals surface area contributed by atoms with Crippen molar-refractivity contribution in [3.05, 3.63) is 35.4 Å². The topological polar surface area (TPSA) is 78.9 Å². The highest BCUT2D eigenvalue weighted by Gasteiger charge is 2.21. The van der Waals surface area contributed by atoms with E-state index in [9.17, 15) is 4.79 Å². The fourth-order valence-corrected chi connectivity index (χ4v) is 2.24. The van der Waals surface area contributed by atoms with E-state index in [1.54, 1.807) is 24.3 Å². The van der Waals surface area contributed by atoms with Gasteiger partial charge >= 0.3 is 0 Å². The lowest BCUT2D eigenvalue weighted by Gasteiger charge is -2.30. The summed E-state index contributed by atoms with van der Waals surface area (Å²) in [7, 11) is 0. The number of rotatable bonds is 2. The molecule has 3 N–H and O–H groups in total. The molecule has 1 amide bonds. The van der Waals surface area contributed by atoms with Crippen LogP contribution >= 0.6 is 0 Å². The molecule has 102 valence electrons. The van der Waals surface area contributed by atoms with Crippen LogP contribution in [-0.4, -0.2) is 34.9 Å². The van der Waals surface area contributed by atoms with Crippen molar-refractivity contribution in [1.29, 1.82) is 0 Å². The van der Waals surface area contributed by atoms with E-state index in [1.807, 2.05) is 4.90 Å². The van der Waals surface area contributed by atoms with E-state index in [-0.39, 0.29) is 11.7 Å². The first-order valence-electron chi connectivity index (χ1n) is 6.49. The van der Waals surface area contributed by atoms with Gasteiger partial charge in [0.1, 0.15) is 0 Å². The van der Waals surface area contributed by atoms with Gasteiger partial charge in [0, 0.05) is 24.2 Å². The van der Waals surface area contributed by atoms with Crippen molar-refractivity contribution >= 4 is 11.7 Å². The van der Waals surface area contributed by atoms with Crippen LogP contribution in [0.15, 0.2) is 29.4 Å². The third kappa shape index (κ3) is 3.05. The van der Waals surface area contributed by atoms with Gasteiger partial charge < -0.3 is 15.8 Å². The Bertz CT molecular complexity index is 474. The number of nitrogens with two attached hydrogens (primary N) is 1. The largest absolute Gasteiger partial charge is 0.409 e. The fourth-order valence-electron chi connectivity index (χ4n) is 2.24. The highest BCUT2D eigenvalue weighted by Crippen LogP contribution is 2.18. The predicted molar refractivity (Wildman–Crippen MR) is 73.3 cm³/mol. The molecule has 0 spiro atoms. The molecule has 0 radical (unpaired) electrons. The van der Waals surface area contributed by atoms with Crippen LogP contribution in [0.2, 0.25) is 0 Å². The van der Waals surface area contributed by atoms with Crippen molar-refractivity contribution < 1.29 is 10.0 Å². The van der Waals surface area contributed by atoms with Crippen LogP contribution < -0.4 is 5.73 Å². The fraction of sp³-hybridized carbons (Fsp3) is 0.429. The van der Waals surface area contributed by atoms with E-state index in [1.165, 1.54) is 0 Å². The van der Waals surface area contributed by atoms with Gasteiger partial charge in [-0.25, -0.2) is 0 Å². The third-order valence-electron chi connectivity index (χ3n) is 3.61. The molecule has 1 aliphatic rings. The Labute approximate surface area is 112 Å². The van der Waals surface area contributed by atoms with Crippen LogP contribution in [0.1, 0.15) is 35.7 Å². The molecule has 1 aromatic carbocycles. The summed E-state index contributed by atoms with van der Waals surface area (Å²) >= 11 is 0. The van der Waals surface area contributed by atoms with Crippen LogP contribution in [0, 0.1) is 5.92 Å². The van der Waals surface area contributed by atoms with E-state index < -0.39 is 0 Å². The van der Waals surface area contributed by atoms with Crippen molar-refractivity contribution in [1.82, 2.24) is 4.90 Å². The first kappa shape index (κ1) is 13.4. The molecule has 0 aromatic heterocycles. The average Bonchev–Trinajstić information content (AvgIpc) is 2.46. The van der Waals surface area contributed by atoms with Crippen molar-refractivity contribution in [3.8, 4) is 0 Å². The summed E-state index contributed by atoms with van der Waals surface area (Å²) in [6, 6.07) is 6.81. The summed E-state index contributed by atoms with van der Waals surface area (Å²) in [5.74, 6) is 0.802. The van der Waals surface area contributed by atoms with Gasteiger partial charge in [0.2, 0.25) is 0 Å². The number of carbonyl (C=O) groups is 1. The number of carbonyl (C=O) groups excluding carboxylic acids is 1. The molecule has 1 saturated heterocycles. The van der Waals surface area contributed by atoms with Gasteiger partial charge in [0.15, 0.2) is 5.84 Å². The zero-order valence-corrected chi connectivity index (χ0v) is 11.0. The minimum atomic E-state index is 0.0470. The molecular formula is C14H19N3O2. The summed E-state index contributed by atoms with van der Waals surface area (Å²) in [6.07, 6.45) is 2.13. The van der Waals surface area contributed by atoms with E-state index in [0.29, 0.717) is 17.0 Å². The number of piperidine rings is 1. The maximum absolute atomic E-state index is 12.3. The minimum absolute atomic E-state index is 0.0470. The zero-order valence-electron chi connectivity index (χ0n) is 11.0. The number of likely N-dealkylation sites (tertiary alicyclic amines) is 1. The van der Waals surface area contributed by atoms with Crippen molar-refractivity contribution in [2.45, 2.75) is 19.8 Å². The molecule has 0 aliphatic carbocycles. The van der Waals surface area contributed by atoms with Gasteiger partial charge in [-0.2, -0.15) is 0 Å². The molecule has 2 rings (SSSR count). The van der Waals surface area contributed by atoms with Crippen molar-refractivity contribution in [2.24, 2.45) is 16.8 Å². The number of hydrogen-bond donors (Lipinski definition) is 2. The number of oxime groups is 1. The number of nitrogens with zero attached hydrogens (tertiary/aromatic N) is 2. The maximum Gasteiger partial charge on any atom is 0.253 e. The summed E-state index contributed by atoms with van der Waals surface area (Å²) in [6.45, 7) is 3.86. The quantitative estimate of drug-likeness (QED) is 0.368. The summed E-state index contributed by atoms with van der Waals surface area (Å²) in [5, 5.41) is 11.5. The van der Waals surface area contributed by atoms with Crippen molar-refractivity contribution in [2.75, 3.05) is 13.1 Å². The van der Waals surface area contributed by atoms with Gasteiger partial charge in [-0.05, 0) is 30.9 Å². The molecule has 0 atom stereocenters. The monoisotopic (exact) mass is 261 g/mol. The number of benzene rings is 1. The van der Waals surface area contributed by atoms with Gasteiger partial charge in [-0.15, -0.1) is 0 Å². The molecule has 0 bridgehead atoms. The lowest BCUT2D eigenvalue weighted by atomic mass is 9.98. The molecule has 1 aliphatic heterocycles. The summed E-state index contributed by atoms with van der Waals surface area (Å²) in [4.78, 5) is 14.2. The molecule has 0 unspecified atom stereocenters. The molecule has 5 nitrogen and oxygen atoms in total. The third-order valence-corrected chi connectivity index (χ3v) is 3.61. The molecule has 0 saturated carbocycles. The lowest BCUT2D eigenvalue weighted by Crippen LogP contribution is -2.37. The van der Waals surface area contributed by atoms with Crippen LogP contribution in [0.3, 0.4) is 0 Å². The number of hydrogen-bond acceptors (Lipinski definition) is 3. The number of amides is 1. The second-order valence-corrected chi connectivity index (χ2v) is 5.04. The first-order chi connectivity index (χ1) is 9.11. The van der Waals surface area contributed by atoms with Gasteiger partial charge in [0.05, 0.1) is 0 Å². The minimum Gasteiger partial charge on any atom is -0.409 e. The van der Waals surface area contributed by atoms with Gasteiger partial charge in [-0.1, -0.05) is 24.2 Å². The second kappa shape index (κ2) is 5.73. The Morgan fingerprint density at radius 1 is 1.26 bits per heavy atom. The lowest BCUT2D eigenvalue weighted by molar-refractivity contribution is 0.0697. The van der Waals surface area contributed by atoms with Gasteiger partial charge in [-0.3, -0.25) is 4.79 Å². The van der Waals surface area contributed by atoms with E-state index >= 15 is 0 Å². The zero-order chi connectivity index (χ0) is 13.8. The molecule has 1 aromatic rings. The van der Waals surface area contributed by atoms with Crippen molar-refractivity contribution in [3.63, 3.8) is 0 Å². The predicted octanol–water partition coefficient (Wildman–Crippen LogP) is 1.65. The first-order valence-corrected chi connectivity index (χ1v) is 6.49. The molecule has 19 heavy (non-hydrogen) atoms. The van der Waals surface area contributed by atoms with Crippen LogP contribution in [0.5, 0.6) is 0 Å². The Balaban J connectivity index is 2.07. The average molecular weight is 261 g/mol. The number of amidine groups is 1. The molecule has 1 fully saturated rings. The highest BCUT2D eigenvalue weighted by molar-refractivity contribution is 5.99. The highest BCUT2D eigenvalue weighted by atomic mass is 16.4. The molecular weight excluding hydrogens is 242 g/mol. The van der Waals surface area contributed by atoms with Crippen LogP contribution in [0.4, 0.5) is 0 Å². The Morgan fingerprint density at radius 3 is 2.32 bits per heavy atom.